The van der Waals surface area contributed by atoms with Crippen molar-refractivity contribution < 1.29 is 27.1 Å². The maximum atomic E-state index is 14.0. The second-order valence-electron chi connectivity index (χ2n) is 6.34. The highest BCUT2D eigenvalue weighted by molar-refractivity contribution is 6.30. The summed E-state index contributed by atoms with van der Waals surface area (Å²) in [6.45, 7) is -1.46. The maximum Gasteiger partial charge on any atom is 0.405 e. The number of benzene rings is 2. The van der Waals surface area contributed by atoms with Gasteiger partial charge in [0, 0.05) is 17.6 Å². The molecule has 1 aromatic heterocycles. The van der Waals surface area contributed by atoms with Gasteiger partial charge in [0.25, 0.3) is 5.91 Å². The second-order valence-corrected chi connectivity index (χ2v) is 6.78. The number of nitrogens with one attached hydrogen (secondary N) is 2. The molecule has 2 aromatic carbocycles. The number of aryl methyl sites for hydroxylation is 1. The Morgan fingerprint density at radius 1 is 1.23 bits per heavy atom. The topological polar surface area (TPSA) is 81.1 Å². The zero-order valence-electron chi connectivity index (χ0n) is 16.2. The predicted molar refractivity (Wildman–Crippen MR) is 106 cm³/mol. The zero-order valence-corrected chi connectivity index (χ0v) is 17.0. The fourth-order valence-corrected chi connectivity index (χ4v) is 2.78. The van der Waals surface area contributed by atoms with E-state index in [0.29, 0.717) is 5.56 Å². The third-order valence-corrected chi connectivity index (χ3v) is 4.33. The molecule has 0 atom stereocenters. The Morgan fingerprint density at radius 2 is 1.97 bits per heavy atom. The largest absolute Gasteiger partial charge is 0.496 e. The standard InChI is InChI=1S/C19H16ClF4N5O2/c1-29-18(26-14-6-4-11(20)8-13(14)21)27-16(28-29)10-3-5-12(15(7-10)31-2)17(30)25-9-19(22,23)24/h3-8H,9H2,1-2H3,(H,25,30)(H,26,27,28). The van der Waals surface area contributed by atoms with Gasteiger partial charge in [0.15, 0.2) is 5.82 Å². The molecule has 31 heavy (non-hydrogen) atoms. The second kappa shape index (κ2) is 8.80. The minimum Gasteiger partial charge on any atom is -0.496 e. The minimum absolute atomic E-state index is 0.0443. The van der Waals surface area contributed by atoms with Gasteiger partial charge in [-0.1, -0.05) is 17.7 Å². The quantitative estimate of drug-likeness (QED) is 0.539. The first kappa shape index (κ1) is 22.3. The lowest BCUT2D eigenvalue weighted by Gasteiger charge is -2.11. The molecule has 0 spiro atoms. The van der Waals surface area contributed by atoms with Crippen LogP contribution < -0.4 is 15.4 Å². The number of carbonyl (C=O) groups excluding carboxylic acids is 1. The number of nitrogens with zero attached hydrogens (tertiary/aromatic N) is 3. The van der Waals surface area contributed by atoms with Gasteiger partial charge in [0.2, 0.25) is 5.95 Å². The molecule has 1 heterocycles. The number of rotatable bonds is 6. The van der Waals surface area contributed by atoms with Crippen LogP contribution in [-0.2, 0) is 7.05 Å². The molecule has 0 saturated heterocycles. The molecule has 164 valence electrons. The number of aromatic nitrogens is 3. The van der Waals surface area contributed by atoms with Gasteiger partial charge in [0.05, 0.1) is 18.4 Å². The Labute approximate surface area is 179 Å². The van der Waals surface area contributed by atoms with Gasteiger partial charge in [-0.15, -0.1) is 5.10 Å². The molecule has 3 aromatic rings. The number of anilines is 2. The summed E-state index contributed by atoms with van der Waals surface area (Å²) in [4.78, 5) is 16.3. The highest BCUT2D eigenvalue weighted by Gasteiger charge is 2.28. The predicted octanol–water partition coefficient (Wildman–Crippen LogP) is 4.32. The summed E-state index contributed by atoms with van der Waals surface area (Å²) < 4.78 is 57.6. The number of alkyl halides is 3. The van der Waals surface area contributed by atoms with E-state index in [4.69, 9.17) is 16.3 Å². The molecule has 3 rings (SSSR count). The summed E-state index contributed by atoms with van der Waals surface area (Å²) >= 11 is 5.74. The number of carbonyl (C=O) groups is 1. The maximum absolute atomic E-state index is 14.0. The van der Waals surface area contributed by atoms with Gasteiger partial charge in [-0.2, -0.15) is 18.2 Å². The molecule has 2 N–H and O–H groups in total. The highest BCUT2D eigenvalue weighted by atomic mass is 35.5. The Kier molecular flexibility index (Phi) is 6.34. The van der Waals surface area contributed by atoms with Gasteiger partial charge in [0.1, 0.15) is 18.1 Å². The van der Waals surface area contributed by atoms with Crippen LogP contribution in [0.25, 0.3) is 11.4 Å². The summed E-state index contributed by atoms with van der Waals surface area (Å²) in [5, 5.41) is 9.07. The molecule has 0 unspecified atom stereocenters. The van der Waals surface area contributed by atoms with Crippen molar-refractivity contribution in [1.29, 1.82) is 0 Å². The zero-order chi connectivity index (χ0) is 22.8. The number of halogens is 5. The van der Waals surface area contributed by atoms with E-state index in [1.165, 1.54) is 42.1 Å². The summed E-state index contributed by atoms with van der Waals surface area (Å²) in [7, 11) is 2.87. The summed E-state index contributed by atoms with van der Waals surface area (Å²) in [5.74, 6) is -1.02. The van der Waals surface area contributed by atoms with Crippen molar-refractivity contribution in [3.63, 3.8) is 0 Å². The molecular formula is C19H16ClF4N5O2. The van der Waals surface area contributed by atoms with Crippen molar-refractivity contribution in [2.75, 3.05) is 19.0 Å². The molecule has 0 aliphatic heterocycles. The Hall–Kier alpha value is -3.34. The number of ether oxygens (including phenoxy) is 1. The molecule has 1 amide bonds. The first-order valence-electron chi connectivity index (χ1n) is 8.74. The van der Waals surface area contributed by atoms with E-state index >= 15 is 0 Å². The van der Waals surface area contributed by atoms with Crippen LogP contribution in [0.2, 0.25) is 5.02 Å². The van der Waals surface area contributed by atoms with Crippen molar-refractivity contribution in [2.24, 2.45) is 7.05 Å². The SMILES string of the molecule is COc1cc(-c2nc(Nc3ccc(Cl)cc3F)n(C)n2)ccc1C(=O)NCC(F)(F)F. The first-order chi connectivity index (χ1) is 14.6. The van der Waals surface area contributed by atoms with Crippen LogP contribution in [0.5, 0.6) is 5.75 Å². The lowest BCUT2D eigenvalue weighted by molar-refractivity contribution is -0.123. The highest BCUT2D eigenvalue weighted by Crippen LogP contribution is 2.28. The molecule has 7 nitrogen and oxygen atoms in total. The van der Waals surface area contributed by atoms with Gasteiger partial charge >= 0.3 is 6.18 Å². The minimum atomic E-state index is -4.53. The van der Waals surface area contributed by atoms with Crippen LogP contribution in [0.3, 0.4) is 0 Å². The number of hydrogen-bond acceptors (Lipinski definition) is 5. The van der Waals surface area contributed by atoms with Gasteiger partial charge in [-0.05, 0) is 30.3 Å². The Bertz CT molecular complexity index is 1120. The van der Waals surface area contributed by atoms with Crippen LogP contribution in [0.15, 0.2) is 36.4 Å². The van der Waals surface area contributed by atoms with Crippen LogP contribution in [-0.4, -0.2) is 40.5 Å². The lowest BCUT2D eigenvalue weighted by atomic mass is 10.1. The molecule has 0 fully saturated rings. The Morgan fingerprint density at radius 3 is 2.61 bits per heavy atom. The van der Waals surface area contributed by atoms with E-state index in [9.17, 15) is 22.4 Å². The molecule has 12 heteroatoms. The van der Waals surface area contributed by atoms with Crippen LogP contribution >= 0.6 is 11.6 Å². The van der Waals surface area contributed by atoms with Crippen molar-refractivity contribution in [3.8, 4) is 17.1 Å². The summed E-state index contributed by atoms with van der Waals surface area (Å²) in [6, 6.07) is 8.30. The fourth-order valence-electron chi connectivity index (χ4n) is 2.62. The van der Waals surface area contributed by atoms with Crippen LogP contribution in [0, 0.1) is 5.82 Å². The number of hydrogen-bond donors (Lipinski definition) is 2. The molecule has 0 radical (unpaired) electrons. The van der Waals surface area contributed by atoms with E-state index in [-0.39, 0.29) is 33.8 Å². The van der Waals surface area contributed by atoms with Crippen LogP contribution in [0.1, 0.15) is 10.4 Å². The first-order valence-corrected chi connectivity index (χ1v) is 9.11. The van der Waals surface area contributed by atoms with Crippen molar-refractivity contribution in [3.05, 3.63) is 52.8 Å². The number of amides is 1. The molecule has 0 bridgehead atoms. The molecule has 0 aliphatic carbocycles. The van der Waals surface area contributed by atoms with E-state index in [1.54, 1.807) is 12.4 Å². The van der Waals surface area contributed by atoms with Crippen LogP contribution in [0.4, 0.5) is 29.2 Å². The number of methoxy groups -OCH3 is 1. The molecule has 0 saturated carbocycles. The summed E-state index contributed by atoms with van der Waals surface area (Å²) in [5.41, 5.74) is 0.498. The van der Waals surface area contributed by atoms with Gasteiger partial charge in [-0.3, -0.25) is 4.79 Å². The monoisotopic (exact) mass is 457 g/mol. The average molecular weight is 458 g/mol. The van der Waals surface area contributed by atoms with E-state index in [0.717, 1.165) is 6.07 Å². The summed E-state index contributed by atoms with van der Waals surface area (Å²) in [6.07, 6.45) is -4.53. The lowest BCUT2D eigenvalue weighted by Crippen LogP contribution is -2.33. The van der Waals surface area contributed by atoms with Crippen molar-refractivity contribution >= 4 is 29.1 Å². The normalized spacial score (nSPS) is 11.3. The van der Waals surface area contributed by atoms with E-state index in [2.05, 4.69) is 15.4 Å². The smallest absolute Gasteiger partial charge is 0.405 e. The third kappa shape index (κ3) is 5.43. The van der Waals surface area contributed by atoms with Gasteiger partial charge < -0.3 is 15.4 Å². The molecule has 0 aliphatic rings. The third-order valence-electron chi connectivity index (χ3n) is 4.09. The molecular weight excluding hydrogens is 442 g/mol. The Balaban J connectivity index is 1.84. The van der Waals surface area contributed by atoms with Gasteiger partial charge in [-0.25, -0.2) is 9.07 Å². The van der Waals surface area contributed by atoms with Crippen molar-refractivity contribution in [2.45, 2.75) is 6.18 Å². The van der Waals surface area contributed by atoms with E-state index in [1.807, 2.05) is 0 Å². The van der Waals surface area contributed by atoms with E-state index < -0.39 is 24.4 Å². The average Bonchev–Trinajstić information content (AvgIpc) is 3.07. The fraction of sp³-hybridized carbons (Fsp3) is 0.211. The van der Waals surface area contributed by atoms with Crippen molar-refractivity contribution in [1.82, 2.24) is 20.1 Å².